The molecule has 2 rings (SSSR count). The Kier molecular flexibility index (Phi) is 2.35. The average Bonchev–Trinajstić information content (AvgIpc) is 2.70. The Morgan fingerprint density at radius 3 is 2.79 bits per heavy atom. The van der Waals surface area contributed by atoms with Crippen LogP contribution in [-0.2, 0) is 6.42 Å². The fourth-order valence-electron chi connectivity index (χ4n) is 1.59. The van der Waals surface area contributed by atoms with Crippen LogP contribution in [0.3, 0.4) is 0 Å². The van der Waals surface area contributed by atoms with Gasteiger partial charge in [-0.15, -0.1) is 0 Å². The molecule has 0 amide bonds. The third-order valence-electron chi connectivity index (χ3n) is 2.40. The van der Waals surface area contributed by atoms with Crippen molar-refractivity contribution in [2.75, 3.05) is 0 Å². The van der Waals surface area contributed by atoms with Crippen molar-refractivity contribution < 1.29 is 4.42 Å². The van der Waals surface area contributed by atoms with Gasteiger partial charge in [-0.05, 0) is 36.6 Å². The maximum atomic E-state index is 5.24. The van der Waals surface area contributed by atoms with Gasteiger partial charge in [0.05, 0.1) is 6.20 Å². The third-order valence-corrected chi connectivity index (χ3v) is 2.40. The highest BCUT2D eigenvalue weighted by molar-refractivity contribution is 5.55. The summed E-state index contributed by atoms with van der Waals surface area (Å²) >= 11 is 0. The smallest absolute Gasteiger partial charge is 0.225 e. The standard InChI is InChI=1S/C12H13NO/c1-3-10-4-5-11(8-9(10)2)12-13-6-7-14-12/h4-8H,3H2,1-2H3. The maximum Gasteiger partial charge on any atom is 0.225 e. The number of benzene rings is 1. The summed E-state index contributed by atoms with van der Waals surface area (Å²) in [7, 11) is 0. The molecule has 0 saturated carbocycles. The van der Waals surface area contributed by atoms with Gasteiger partial charge in [-0.25, -0.2) is 4.98 Å². The van der Waals surface area contributed by atoms with E-state index in [1.54, 1.807) is 12.5 Å². The largest absolute Gasteiger partial charge is 0.445 e. The lowest BCUT2D eigenvalue weighted by molar-refractivity contribution is 0.574. The van der Waals surface area contributed by atoms with E-state index < -0.39 is 0 Å². The Hall–Kier alpha value is -1.57. The van der Waals surface area contributed by atoms with Crippen molar-refractivity contribution >= 4 is 0 Å². The average molecular weight is 187 g/mol. The number of oxazole rings is 1. The second kappa shape index (κ2) is 3.66. The molecule has 0 fully saturated rings. The molecule has 1 aromatic carbocycles. The summed E-state index contributed by atoms with van der Waals surface area (Å²) in [6.45, 7) is 4.28. The van der Waals surface area contributed by atoms with Gasteiger partial charge in [-0.3, -0.25) is 0 Å². The van der Waals surface area contributed by atoms with Gasteiger partial charge in [0.25, 0.3) is 0 Å². The molecule has 72 valence electrons. The lowest BCUT2D eigenvalue weighted by Crippen LogP contribution is -1.87. The first-order valence-electron chi connectivity index (χ1n) is 4.80. The van der Waals surface area contributed by atoms with Crippen LogP contribution in [0.25, 0.3) is 11.5 Å². The van der Waals surface area contributed by atoms with Gasteiger partial charge in [0.1, 0.15) is 6.26 Å². The van der Waals surface area contributed by atoms with Crippen LogP contribution in [0.5, 0.6) is 0 Å². The molecule has 0 radical (unpaired) electrons. The highest BCUT2D eigenvalue weighted by Gasteiger charge is 2.03. The quantitative estimate of drug-likeness (QED) is 0.721. The monoisotopic (exact) mass is 187 g/mol. The van der Waals surface area contributed by atoms with Crippen molar-refractivity contribution in [3.63, 3.8) is 0 Å². The molecule has 0 unspecified atom stereocenters. The van der Waals surface area contributed by atoms with Crippen LogP contribution in [0.1, 0.15) is 18.1 Å². The Bertz CT molecular complexity index is 418. The molecule has 0 bridgehead atoms. The van der Waals surface area contributed by atoms with Crippen LogP contribution in [-0.4, -0.2) is 4.98 Å². The van der Waals surface area contributed by atoms with Gasteiger partial charge in [-0.1, -0.05) is 13.0 Å². The zero-order chi connectivity index (χ0) is 9.97. The number of nitrogens with zero attached hydrogens (tertiary/aromatic N) is 1. The Morgan fingerprint density at radius 2 is 2.21 bits per heavy atom. The SMILES string of the molecule is CCc1ccc(-c2ncco2)cc1C. The molecule has 0 atom stereocenters. The summed E-state index contributed by atoms with van der Waals surface area (Å²) in [6.07, 6.45) is 4.33. The van der Waals surface area contributed by atoms with E-state index in [9.17, 15) is 0 Å². The predicted molar refractivity (Wildman–Crippen MR) is 56.1 cm³/mol. The second-order valence-electron chi connectivity index (χ2n) is 3.33. The van der Waals surface area contributed by atoms with Crippen molar-refractivity contribution in [1.82, 2.24) is 4.98 Å². The topological polar surface area (TPSA) is 26.0 Å². The van der Waals surface area contributed by atoms with Crippen LogP contribution < -0.4 is 0 Å². The summed E-state index contributed by atoms with van der Waals surface area (Å²) in [4.78, 5) is 4.12. The zero-order valence-electron chi connectivity index (χ0n) is 8.45. The lowest BCUT2D eigenvalue weighted by atomic mass is 10.0. The first-order chi connectivity index (χ1) is 6.81. The van der Waals surface area contributed by atoms with Crippen LogP contribution in [0.15, 0.2) is 35.1 Å². The number of aryl methyl sites for hydroxylation is 2. The molecule has 1 heterocycles. The molecular weight excluding hydrogens is 174 g/mol. The predicted octanol–water partition coefficient (Wildman–Crippen LogP) is 3.21. The molecule has 0 spiro atoms. The molecule has 2 heteroatoms. The van der Waals surface area contributed by atoms with Crippen molar-refractivity contribution in [1.29, 1.82) is 0 Å². The van der Waals surface area contributed by atoms with E-state index in [4.69, 9.17) is 4.42 Å². The number of aromatic nitrogens is 1. The molecule has 0 N–H and O–H groups in total. The minimum Gasteiger partial charge on any atom is -0.445 e. The molecule has 0 saturated heterocycles. The van der Waals surface area contributed by atoms with E-state index in [1.165, 1.54) is 11.1 Å². The van der Waals surface area contributed by atoms with E-state index >= 15 is 0 Å². The van der Waals surface area contributed by atoms with Gasteiger partial charge < -0.3 is 4.42 Å². The van der Waals surface area contributed by atoms with Gasteiger partial charge >= 0.3 is 0 Å². The highest BCUT2D eigenvalue weighted by Crippen LogP contribution is 2.20. The van der Waals surface area contributed by atoms with Crippen molar-refractivity contribution in [2.45, 2.75) is 20.3 Å². The second-order valence-corrected chi connectivity index (χ2v) is 3.33. The maximum absolute atomic E-state index is 5.24. The highest BCUT2D eigenvalue weighted by atomic mass is 16.3. The zero-order valence-corrected chi connectivity index (χ0v) is 8.45. The van der Waals surface area contributed by atoms with E-state index in [-0.39, 0.29) is 0 Å². The summed E-state index contributed by atoms with van der Waals surface area (Å²) in [5, 5.41) is 0. The molecule has 0 aliphatic heterocycles. The van der Waals surface area contributed by atoms with Gasteiger partial charge in [0.2, 0.25) is 5.89 Å². The Balaban J connectivity index is 2.43. The van der Waals surface area contributed by atoms with Crippen LogP contribution in [0.2, 0.25) is 0 Å². The van der Waals surface area contributed by atoms with Crippen molar-refractivity contribution in [3.05, 3.63) is 41.8 Å². The first-order valence-corrected chi connectivity index (χ1v) is 4.80. The fraction of sp³-hybridized carbons (Fsp3) is 0.250. The van der Waals surface area contributed by atoms with E-state index in [2.05, 4.69) is 37.0 Å². The minimum atomic E-state index is 0.691. The molecule has 2 aromatic rings. The molecule has 14 heavy (non-hydrogen) atoms. The first kappa shape index (κ1) is 9.00. The Labute approximate surface area is 83.6 Å². The molecule has 0 aliphatic rings. The van der Waals surface area contributed by atoms with E-state index in [0.29, 0.717) is 5.89 Å². The summed E-state index contributed by atoms with van der Waals surface area (Å²) in [5.41, 5.74) is 3.72. The number of hydrogen-bond acceptors (Lipinski definition) is 2. The molecule has 0 aliphatic carbocycles. The van der Waals surface area contributed by atoms with E-state index in [1.807, 2.05) is 0 Å². The van der Waals surface area contributed by atoms with Crippen LogP contribution in [0, 0.1) is 6.92 Å². The fourth-order valence-corrected chi connectivity index (χ4v) is 1.59. The Morgan fingerprint density at radius 1 is 1.36 bits per heavy atom. The lowest BCUT2D eigenvalue weighted by Gasteiger charge is -2.03. The van der Waals surface area contributed by atoms with Gasteiger partial charge in [0.15, 0.2) is 0 Å². The minimum absolute atomic E-state index is 0.691. The number of hydrogen-bond donors (Lipinski definition) is 0. The van der Waals surface area contributed by atoms with Gasteiger partial charge in [0, 0.05) is 5.56 Å². The van der Waals surface area contributed by atoms with Crippen LogP contribution >= 0.6 is 0 Å². The van der Waals surface area contributed by atoms with Crippen molar-refractivity contribution in [2.24, 2.45) is 0 Å². The summed E-state index contributed by atoms with van der Waals surface area (Å²) in [6, 6.07) is 6.30. The van der Waals surface area contributed by atoms with E-state index in [0.717, 1.165) is 12.0 Å². The summed E-state index contributed by atoms with van der Waals surface area (Å²) < 4.78 is 5.24. The molecular formula is C12H13NO. The normalized spacial score (nSPS) is 10.4. The third kappa shape index (κ3) is 1.55. The summed E-state index contributed by atoms with van der Waals surface area (Å²) in [5.74, 6) is 0.691. The van der Waals surface area contributed by atoms with Crippen LogP contribution in [0.4, 0.5) is 0 Å². The molecule has 2 nitrogen and oxygen atoms in total. The van der Waals surface area contributed by atoms with Gasteiger partial charge in [-0.2, -0.15) is 0 Å². The molecule has 1 aromatic heterocycles. The van der Waals surface area contributed by atoms with Crippen molar-refractivity contribution in [3.8, 4) is 11.5 Å². The number of rotatable bonds is 2.